The van der Waals surface area contributed by atoms with Crippen LogP contribution in [0.3, 0.4) is 0 Å². The molecule has 0 N–H and O–H groups in total. The molecule has 0 atom stereocenters. The van der Waals surface area contributed by atoms with Crippen LogP contribution in [0.4, 0.5) is 0 Å². The molecule has 0 unspecified atom stereocenters. The number of halogens is 2. The number of Topliss-reactive ketones (excluding diaryl/α,β-unsaturated/α-hetero) is 1. The van der Waals surface area contributed by atoms with Crippen LogP contribution in [0.1, 0.15) is 33.5 Å². The van der Waals surface area contributed by atoms with Gasteiger partial charge in [0, 0.05) is 5.02 Å². The molecule has 0 saturated heterocycles. The molecule has 1 aromatic heterocycles. The third-order valence-corrected chi connectivity index (χ3v) is 3.82. The number of esters is 1. The molecule has 0 amide bonds. The fraction of sp³-hybridized carbons (Fsp3) is 0.267. The largest absolute Gasteiger partial charge is 0.461 e. The predicted molar refractivity (Wildman–Crippen MR) is 87.4 cm³/mol. The van der Waals surface area contributed by atoms with Gasteiger partial charge in [-0.3, -0.25) is 4.79 Å². The maximum Gasteiger partial charge on any atom is 0.359 e. The molecule has 22 heavy (non-hydrogen) atoms. The number of hydrogen-bond donors (Lipinski definition) is 0. The minimum atomic E-state index is -0.609. The van der Waals surface area contributed by atoms with Crippen molar-refractivity contribution < 1.29 is 14.3 Å². The summed E-state index contributed by atoms with van der Waals surface area (Å²) in [6.45, 7) is 3.65. The van der Waals surface area contributed by atoms with Gasteiger partial charge in [-0.1, -0.05) is 27.5 Å². The van der Waals surface area contributed by atoms with E-state index in [0.29, 0.717) is 16.4 Å². The minimum absolute atomic E-state index is 0.0266. The molecule has 1 heterocycles. The van der Waals surface area contributed by atoms with Crippen LogP contribution in [0.5, 0.6) is 0 Å². The van der Waals surface area contributed by atoms with Gasteiger partial charge in [0.1, 0.15) is 0 Å². The second-order valence-corrected chi connectivity index (χ2v) is 5.47. The summed E-state index contributed by atoms with van der Waals surface area (Å²) < 4.78 is 6.52. The number of aromatic nitrogens is 2. The van der Waals surface area contributed by atoms with Crippen LogP contribution in [0.2, 0.25) is 5.02 Å². The second kappa shape index (κ2) is 7.07. The van der Waals surface area contributed by atoms with Gasteiger partial charge in [-0.25, -0.2) is 9.48 Å². The highest BCUT2D eigenvalue weighted by atomic mass is 79.9. The van der Waals surface area contributed by atoms with E-state index in [0.717, 1.165) is 0 Å². The van der Waals surface area contributed by atoms with E-state index in [1.807, 2.05) is 0 Å². The molecule has 116 valence electrons. The van der Waals surface area contributed by atoms with Crippen LogP contribution >= 0.6 is 27.5 Å². The Kier molecular flexibility index (Phi) is 5.37. The lowest BCUT2D eigenvalue weighted by Gasteiger charge is -2.04. The van der Waals surface area contributed by atoms with Gasteiger partial charge in [-0.05, 0) is 38.1 Å². The third-order valence-electron chi connectivity index (χ3n) is 3.06. The third kappa shape index (κ3) is 3.23. The van der Waals surface area contributed by atoms with Crippen molar-refractivity contribution in [3.05, 3.63) is 46.2 Å². The SMILES string of the molecule is CCOC(=O)c1nn(-c2ccc(Cl)cc2)c(C)c1C(=O)CBr. The van der Waals surface area contributed by atoms with Crippen LogP contribution in [-0.2, 0) is 4.74 Å². The maximum atomic E-state index is 12.1. The zero-order chi connectivity index (χ0) is 16.3. The number of ether oxygens (including phenoxy) is 1. The Morgan fingerprint density at radius 3 is 2.50 bits per heavy atom. The van der Waals surface area contributed by atoms with Crippen molar-refractivity contribution in [2.24, 2.45) is 0 Å². The van der Waals surface area contributed by atoms with Crippen molar-refractivity contribution in [1.82, 2.24) is 9.78 Å². The van der Waals surface area contributed by atoms with E-state index in [1.54, 1.807) is 42.8 Å². The lowest BCUT2D eigenvalue weighted by atomic mass is 10.1. The van der Waals surface area contributed by atoms with Crippen molar-refractivity contribution in [2.75, 3.05) is 11.9 Å². The van der Waals surface area contributed by atoms with E-state index in [9.17, 15) is 9.59 Å². The monoisotopic (exact) mass is 384 g/mol. The zero-order valence-corrected chi connectivity index (χ0v) is 14.4. The fourth-order valence-electron chi connectivity index (χ4n) is 2.08. The highest BCUT2D eigenvalue weighted by molar-refractivity contribution is 9.09. The molecule has 5 nitrogen and oxygen atoms in total. The van der Waals surface area contributed by atoms with Gasteiger partial charge in [0.05, 0.1) is 28.9 Å². The first-order chi connectivity index (χ1) is 10.5. The van der Waals surface area contributed by atoms with Crippen molar-refractivity contribution in [2.45, 2.75) is 13.8 Å². The van der Waals surface area contributed by atoms with E-state index in [2.05, 4.69) is 21.0 Å². The number of ketones is 1. The van der Waals surface area contributed by atoms with Gasteiger partial charge >= 0.3 is 5.97 Å². The smallest absolute Gasteiger partial charge is 0.359 e. The fourth-order valence-corrected chi connectivity index (χ4v) is 2.49. The van der Waals surface area contributed by atoms with E-state index in [-0.39, 0.29) is 29.0 Å². The molecule has 2 aromatic rings. The Morgan fingerprint density at radius 2 is 1.95 bits per heavy atom. The van der Waals surface area contributed by atoms with E-state index >= 15 is 0 Å². The van der Waals surface area contributed by atoms with E-state index in [1.165, 1.54) is 0 Å². The van der Waals surface area contributed by atoms with Gasteiger partial charge in [0.15, 0.2) is 11.5 Å². The number of hydrogen-bond acceptors (Lipinski definition) is 4. The van der Waals surface area contributed by atoms with Gasteiger partial charge < -0.3 is 4.74 Å². The van der Waals surface area contributed by atoms with Gasteiger partial charge in [0.2, 0.25) is 0 Å². The average Bonchev–Trinajstić information content (AvgIpc) is 2.85. The van der Waals surface area contributed by atoms with Crippen molar-refractivity contribution in [3.8, 4) is 5.69 Å². The molecular formula is C15H14BrClN2O3. The molecule has 7 heteroatoms. The molecule has 0 radical (unpaired) electrons. The summed E-state index contributed by atoms with van der Waals surface area (Å²) >= 11 is 9.00. The summed E-state index contributed by atoms with van der Waals surface area (Å²) in [5.41, 5.74) is 1.58. The standard InChI is InChI=1S/C15H14BrClN2O3/c1-3-22-15(21)14-13(12(20)8-16)9(2)19(18-14)11-6-4-10(17)5-7-11/h4-7H,3,8H2,1-2H3. The van der Waals surface area contributed by atoms with E-state index in [4.69, 9.17) is 16.3 Å². The van der Waals surface area contributed by atoms with Crippen LogP contribution in [0, 0.1) is 6.92 Å². The molecule has 0 aliphatic heterocycles. The number of nitrogens with zero attached hydrogens (tertiary/aromatic N) is 2. The van der Waals surface area contributed by atoms with Crippen molar-refractivity contribution >= 4 is 39.3 Å². The molecule has 2 rings (SSSR count). The molecular weight excluding hydrogens is 372 g/mol. The first-order valence-corrected chi connectivity index (χ1v) is 8.11. The maximum absolute atomic E-state index is 12.1. The highest BCUT2D eigenvalue weighted by Gasteiger charge is 2.26. The Bertz CT molecular complexity index is 710. The molecule has 0 spiro atoms. The van der Waals surface area contributed by atoms with Gasteiger partial charge in [-0.2, -0.15) is 5.10 Å². The molecule has 0 fully saturated rings. The number of carbonyl (C=O) groups excluding carboxylic acids is 2. The quantitative estimate of drug-likeness (QED) is 0.448. The summed E-state index contributed by atoms with van der Waals surface area (Å²) in [6.07, 6.45) is 0. The summed E-state index contributed by atoms with van der Waals surface area (Å²) in [5, 5.41) is 4.95. The Balaban J connectivity index is 2.59. The van der Waals surface area contributed by atoms with Crippen molar-refractivity contribution in [1.29, 1.82) is 0 Å². The number of alkyl halides is 1. The highest BCUT2D eigenvalue weighted by Crippen LogP contribution is 2.21. The minimum Gasteiger partial charge on any atom is -0.461 e. The van der Waals surface area contributed by atoms with Crippen LogP contribution in [0.25, 0.3) is 5.69 Å². The zero-order valence-electron chi connectivity index (χ0n) is 12.1. The topological polar surface area (TPSA) is 61.2 Å². The predicted octanol–water partition coefficient (Wildman–Crippen LogP) is 3.59. The lowest BCUT2D eigenvalue weighted by molar-refractivity contribution is 0.0516. The van der Waals surface area contributed by atoms with Crippen LogP contribution < -0.4 is 0 Å². The Labute approximate surface area is 141 Å². The van der Waals surface area contributed by atoms with Crippen LogP contribution in [0.15, 0.2) is 24.3 Å². The molecule has 0 aliphatic carbocycles. The van der Waals surface area contributed by atoms with Crippen LogP contribution in [-0.4, -0.2) is 33.5 Å². The van der Waals surface area contributed by atoms with E-state index < -0.39 is 5.97 Å². The summed E-state index contributed by atoms with van der Waals surface area (Å²) in [7, 11) is 0. The Hall–Kier alpha value is -1.66. The second-order valence-electron chi connectivity index (χ2n) is 4.47. The summed E-state index contributed by atoms with van der Waals surface area (Å²) in [6, 6.07) is 6.96. The van der Waals surface area contributed by atoms with Gasteiger partial charge in [-0.15, -0.1) is 0 Å². The molecule has 0 aliphatic rings. The molecule has 1 aromatic carbocycles. The number of benzene rings is 1. The first-order valence-electron chi connectivity index (χ1n) is 6.61. The lowest BCUT2D eigenvalue weighted by Crippen LogP contribution is -2.12. The molecule has 0 saturated carbocycles. The average molecular weight is 386 g/mol. The first kappa shape index (κ1) is 16.7. The summed E-state index contributed by atoms with van der Waals surface area (Å²) in [4.78, 5) is 24.2. The number of rotatable bonds is 5. The van der Waals surface area contributed by atoms with Gasteiger partial charge in [0.25, 0.3) is 0 Å². The summed E-state index contributed by atoms with van der Waals surface area (Å²) in [5.74, 6) is -0.830. The normalized spacial score (nSPS) is 10.5. The Morgan fingerprint density at radius 1 is 1.32 bits per heavy atom. The molecule has 0 bridgehead atoms. The van der Waals surface area contributed by atoms with Crippen molar-refractivity contribution in [3.63, 3.8) is 0 Å². The number of carbonyl (C=O) groups is 2.